The number of nitrogens with one attached hydrogen (secondary N) is 1. The molecule has 1 N–H and O–H groups in total. The van der Waals surface area contributed by atoms with Gasteiger partial charge >= 0.3 is 0 Å². The summed E-state index contributed by atoms with van der Waals surface area (Å²) in [7, 11) is 0. The number of thioether (sulfide) groups is 1. The largest absolute Gasteiger partial charge is 0.304 e. The second-order valence-electron chi connectivity index (χ2n) is 3.77. The predicted molar refractivity (Wildman–Crippen MR) is 83.1 cm³/mol. The first-order chi connectivity index (χ1) is 9.61. The zero-order valence-electron chi connectivity index (χ0n) is 9.76. The molecule has 5 nitrogen and oxygen atoms in total. The van der Waals surface area contributed by atoms with Crippen molar-refractivity contribution in [2.75, 3.05) is 5.75 Å². The van der Waals surface area contributed by atoms with Gasteiger partial charge in [0.1, 0.15) is 0 Å². The Morgan fingerprint density at radius 2 is 2.15 bits per heavy atom. The molecular formula is C11H6Cl2N4OS2. The monoisotopic (exact) mass is 344 g/mol. The summed E-state index contributed by atoms with van der Waals surface area (Å²) in [6, 6.07) is 5.18. The van der Waals surface area contributed by atoms with Gasteiger partial charge in [-0.2, -0.15) is 4.99 Å². The highest BCUT2D eigenvalue weighted by Crippen LogP contribution is 2.34. The van der Waals surface area contributed by atoms with Crippen LogP contribution in [0.3, 0.4) is 0 Å². The quantitative estimate of drug-likeness (QED) is 0.906. The number of aromatic nitrogens is 2. The van der Waals surface area contributed by atoms with Crippen LogP contribution in [-0.4, -0.2) is 27.0 Å². The number of hydrogen-bond acceptors (Lipinski definition) is 6. The summed E-state index contributed by atoms with van der Waals surface area (Å²) in [5.74, 6) is 0.326. The van der Waals surface area contributed by atoms with Crippen LogP contribution in [0.5, 0.6) is 0 Å². The molecule has 1 aromatic heterocycles. The van der Waals surface area contributed by atoms with E-state index in [-0.39, 0.29) is 5.91 Å². The summed E-state index contributed by atoms with van der Waals surface area (Å²) < 4.78 is 0. The van der Waals surface area contributed by atoms with E-state index in [0.29, 0.717) is 31.1 Å². The summed E-state index contributed by atoms with van der Waals surface area (Å²) in [5, 5.41) is 13.4. The van der Waals surface area contributed by atoms with Crippen LogP contribution in [0.4, 0.5) is 5.13 Å². The summed E-state index contributed by atoms with van der Waals surface area (Å²) in [6.45, 7) is 0. The van der Waals surface area contributed by atoms with Crippen LogP contribution in [0, 0.1) is 0 Å². The van der Waals surface area contributed by atoms with E-state index < -0.39 is 0 Å². The number of carbonyl (C=O) groups is 1. The van der Waals surface area contributed by atoms with E-state index in [1.807, 2.05) is 0 Å². The molecular weight excluding hydrogens is 339 g/mol. The molecule has 0 radical (unpaired) electrons. The van der Waals surface area contributed by atoms with Gasteiger partial charge in [0.2, 0.25) is 11.0 Å². The smallest absolute Gasteiger partial charge is 0.236 e. The van der Waals surface area contributed by atoms with Gasteiger partial charge < -0.3 is 5.32 Å². The Morgan fingerprint density at radius 1 is 1.30 bits per heavy atom. The summed E-state index contributed by atoms with van der Waals surface area (Å²) >= 11 is 14.6. The SMILES string of the molecule is O=C1CSC(=Nc2nnc(-c3ccc(Cl)cc3Cl)s2)N1. The maximum absolute atomic E-state index is 11.1. The Bertz CT molecular complexity index is 716. The molecule has 2 aromatic rings. The molecule has 1 fully saturated rings. The van der Waals surface area contributed by atoms with Crippen molar-refractivity contribution >= 4 is 62.5 Å². The summed E-state index contributed by atoms with van der Waals surface area (Å²) in [4.78, 5) is 15.3. The second-order valence-corrected chi connectivity index (χ2v) is 6.53. The van der Waals surface area contributed by atoms with Gasteiger partial charge in [-0.05, 0) is 18.2 Å². The Kier molecular flexibility index (Phi) is 3.93. The van der Waals surface area contributed by atoms with Crippen molar-refractivity contribution in [2.24, 2.45) is 4.99 Å². The van der Waals surface area contributed by atoms with E-state index in [4.69, 9.17) is 23.2 Å². The van der Waals surface area contributed by atoms with E-state index in [1.54, 1.807) is 18.2 Å². The number of hydrogen-bond donors (Lipinski definition) is 1. The van der Waals surface area contributed by atoms with Crippen molar-refractivity contribution in [3.63, 3.8) is 0 Å². The Labute approximate surface area is 132 Å². The van der Waals surface area contributed by atoms with E-state index in [2.05, 4.69) is 20.5 Å². The molecule has 1 aliphatic heterocycles. The van der Waals surface area contributed by atoms with Gasteiger partial charge in [0.25, 0.3) is 0 Å². The zero-order valence-corrected chi connectivity index (χ0v) is 12.9. The van der Waals surface area contributed by atoms with E-state index >= 15 is 0 Å². The average molecular weight is 345 g/mol. The first-order valence-electron chi connectivity index (χ1n) is 5.42. The maximum Gasteiger partial charge on any atom is 0.236 e. The molecule has 0 spiro atoms. The lowest BCUT2D eigenvalue weighted by Gasteiger charge is -1.98. The van der Waals surface area contributed by atoms with E-state index in [0.717, 1.165) is 5.56 Å². The molecule has 3 rings (SSSR count). The number of aliphatic imine (C=N–C) groups is 1. The highest BCUT2D eigenvalue weighted by molar-refractivity contribution is 8.15. The van der Waals surface area contributed by atoms with Crippen molar-refractivity contribution in [3.05, 3.63) is 28.2 Å². The fourth-order valence-corrected chi connectivity index (χ4v) is 3.55. The standard InChI is InChI=1S/C11H6Cl2N4OS2/c12-5-1-2-6(7(13)3-5)9-16-17-11(20-9)15-10-14-8(18)4-19-10/h1-3H,4H2,(H,14,15,17,18). The lowest BCUT2D eigenvalue weighted by molar-refractivity contribution is -0.116. The van der Waals surface area contributed by atoms with Crippen LogP contribution < -0.4 is 5.32 Å². The van der Waals surface area contributed by atoms with Gasteiger partial charge in [0.15, 0.2) is 10.2 Å². The molecule has 0 saturated carbocycles. The normalized spacial score (nSPS) is 16.7. The molecule has 1 aliphatic rings. The lowest BCUT2D eigenvalue weighted by Crippen LogP contribution is -2.19. The Hall–Kier alpha value is -1.15. The third kappa shape index (κ3) is 2.95. The maximum atomic E-state index is 11.1. The second kappa shape index (κ2) is 5.69. The molecule has 102 valence electrons. The van der Waals surface area contributed by atoms with Crippen LogP contribution in [0.1, 0.15) is 0 Å². The first-order valence-corrected chi connectivity index (χ1v) is 7.98. The van der Waals surface area contributed by atoms with Crippen LogP contribution in [0.2, 0.25) is 10.0 Å². The topological polar surface area (TPSA) is 67.2 Å². The third-order valence-electron chi connectivity index (χ3n) is 2.36. The van der Waals surface area contributed by atoms with Crippen molar-refractivity contribution in [2.45, 2.75) is 0 Å². The van der Waals surface area contributed by atoms with Crippen molar-refractivity contribution in [1.82, 2.24) is 15.5 Å². The number of rotatable bonds is 2. The van der Waals surface area contributed by atoms with Crippen LogP contribution >= 0.6 is 46.3 Å². The minimum atomic E-state index is -0.0563. The molecule has 20 heavy (non-hydrogen) atoms. The highest BCUT2D eigenvalue weighted by Gasteiger charge is 2.17. The van der Waals surface area contributed by atoms with Crippen molar-refractivity contribution < 1.29 is 4.79 Å². The van der Waals surface area contributed by atoms with Crippen LogP contribution in [0.25, 0.3) is 10.6 Å². The van der Waals surface area contributed by atoms with E-state index in [9.17, 15) is 4.79 Å². The molecule has 9 heteroatoms. The number of benzene rings is 1. The Morgan fingerprint density at radius 3 is 2.85 bits per heavy atom. The fraction of sp³-hybridized carbons (Fsp3) is 0.0909. The molecule has 0 unspecified atom stereocenters. The minimum absolute atomic E-state index is 0.0563. The number of amidine groups is 1. The molecule has 1 saturated heterocycles. The number of amides is 1. The van der Waals surface area contributed by atoms with Crippen molar-refractivity contribution in [3.8, 4) is 10.6 Å². The van der Waals surface area contributed by atoms with Gasteiger partial charge in [-0.3, -0.25) is 4.79 Å². The molecule has 1 aromatic carbocycles. The predicted octanol–water partition coefficient (Wildman–Crippen LogP) is 3.36. The fourth-order valence-electron chi connectivity index (χ4n) is 1.50. The number of halogens is 2. The molecule has 0 bridgehead atoms. The zero-order chi connectivity index (χ0) is 14.1. The van der Waals surface area contributed by atoms with Crippen LogP contribution in [-0.2, 0) is 4.79 Å². The lowest BCUT2D eigenvalue weighted by atomic mass is 10.2. The molecule has 2 heterocycles. The van der Waals surface area contributed by atoms with Gasteiger partial charge in [-0.15, -0.1) is 10.2 Å². The molecule has 0 atom stereocenters. The molecule has 1 amide bonds. The van der Waals surface area contributed by atoms with Gasteiger partial charge in [-0.1, -0.05) is 46.3 Å². The molecule has 0 aliphatic carbocycles. The minimum Gasteiger partial charge on any atom is -0.304 e. The number of carbonyl (C=O) groups excluding carboxylic acids is 1. The first kappa shape index (κ1) is 13.8. The van der Waals surface area contributed by atoms with Crippen LogP contribution in [0.15, 0.2) is 23.2 Å². The third-order valence-corrected chi connectivity index (χ3v) is 4.63. The average Bonchev–Trinajstić information content (AvgIpc) is 2.99. The van der Waals surface area contributed by atoms with Gasteiger partial charge in [0, 0.05) is 10.6 Å². The van der Waals surface area contributed by atoms with Gasteiger partial charge in [0.05, 0.1) is 10.8 Å². The summed E-state index contributed by atoms with van der Waals surface area (Å²) in [5.41, 5.74) is 0.753. The number of nitrogens with zero attached hydrogens (tertiary/aromatic N) is 3. The Balaban J connectivity index is 1.88. The van der Waals surface area contributed by atoms with Gasteiger partial charge in [-0.25, -0.2) is 0 Å². The van der Waals surface area contributed by atoms with Crippen molar-refractivity contribution in [1.29, 1.82) is 0 Å². The summed E-state index contributed by atoms with van der Waals surface area (Å²) in [6.07, 6.45) is 0. The highest BCUT2D eigenvalue weighted by atomic mass is 35.5. The van der Waals surface area contributed by atoms with E-state index in [1.165, 1.54) is 23.1 Å².